The normalized spacial score (nSPS) is 12.2. The minimum Gasteiger partial charge on any atom is -0.438 e. The molecule has 0 aliphatic carbocycles. The van der Waals surface area contributed by atoms with Crippen molar-refractivity contribution in [2.45, 2.75) is 32.8 Å². The Kier molecular flexibility index (Phi) is 7.39. The molecular formula is C9H18O4. The monoisotopic (exact) mass is 190 g/mol. The highest BCUT2D eigenvalue weighted by atomic mass is 16.7. The molecular weight excluding hydrogens is 172 g/mol. The summed E-state index contributed by atoms with van der Waals surface area (Å²) in [6.07, 6.45) is 1.23. The van der Waals surface area contributed by atoms with Crippen LogP contribution in [0.4, 0.5) is 4.79 Å². The van der Waals surface area contributed by atoms with E-state index >= 15 is 0 Å². The van der Waals surface area contributed by atoms with Crippen molar-refractivity contribution in [1.29, 1.82) is 0 Å². The third kappa shape index (κ3) is 7.59. The van der Waals surface area contributed by atoms with Crippen LogP contribution >= 0.6 is 0 Å². The second-order valence-corrected chi connectivity index (χ2v) is 2.81. The van der Waals surface area contributed by atoms with Gasteiger partial charge in [-0.25, -0.2) is 4.79 Å². The van der Waals surface area contributed by atoms with Gasteiger partial charge in [-0.15, -0.1) is 0 Å². The van der Waals surface area contributed by atoms with E-state index in [0.717, 1.165) is 12.8 Å². The number of carbonyl (C=O) groups is 1. The van der Waals surface area contributed by atoms with Crippen LogP contribution in [-0.2, 0) is 14.2 Å². The van der Waals surface area contributed by atoms with Crippen LogP contribution in [-0.4, -0.2) is 32.6 Å². The van der Waals surface area contributed by atoms with Crippen LogP contribution in [0.25, 0.3) is 0 Å². The van der Waals surface area contributed by atoms with E-state index in [9.17, 15) is 4.79 Å². The highest BCUT2D eigenvalue weighted by Crippen LogP contribution is 1.96. The molecule has 1 atom stereocenters. The number of ether oxygens (including phenoxy) is 3. The van der Waals surface area contributed by atoms with Crippen molar-refractivity contribution < 1.29 is 19.0 Å². The number of hydrogen-bond donors (Lipinski definition) is 0. The number of methoxy groups -OCH3 is 1. The molecule has 0 aliphatic rings. The number of unbranched alkanes of at least 4 members (excludes halogenated alkanes) is 1. The maximum absolute atomic E-state index is 10.6. The highest BCUT2D eigenvalue weighted by molar-refractivity contribution is 5.59. The first-order valence-corrected chi connectivity index (χ1v) is 4.53. The first-order valence-electron chi connectivity index (χ1n) is 4.53. The van der Waals surface area contributed by atoms with E-state index in [1.807, 2.05) is 0 Å². The van der Waals surface area contributed by atoms with Crippen molar-refractivity contribution >= 4 is 6.16 Å². The van der Waals surface area contributed by atoms with E-state index in [1.165, 1.54) is 7.11 Å². The van der Waals surface area contributed by atoms with Gasteiger partial charge in [-0.05, 0) is 13.3 Å². The maximum atomic E-state index is 10.6. The van der Waals surface area contributed by atoms with Gasteiger partial charge in [0, 0.05) is 6.61 Å². The molecule has 4 nitrogen and oxygen atoms in total. The van der Waals surface area contributed by atoms with Crippen molar-refractivity contribution in [3.63, 3.8) is 0 Å². The largest absolute Gasteiger partial charge is 0.508 e. The molecule has 0 saturated carbocycles. The van der Waals surface area contributed by atoms with Crippen molar-refractivity contribution in [1.82, 2.24) is 0 Å². The molecule has 0 bridgehead atoms. The summed E-state index contributed by atoms with van der Waals surface area (Å²) in [6.45, 7) is 5.00. The van der Waals surface area contributed by atoms with Gasteiger partial charge in [-0.3, -0.25) is 0 Å². The maximum Gasteiger partial charge on any atom is 0.508 e. The predicted molar refractivity (Wildman–Crippen MR) is 48.7 cm³/mol. The standard InChI is InChI=1S/C9H18O4/c1-4-5-6-12-7-8(2)13-9(10)11-3/h8H,4-7H2,1-3H3. The van der Waals surface area contributed by atoms with Crippen LogP contribution in [0.1, 0.15) is 26.7 Å². The average molecular weight is 190 g/mol. The van der Waals surface area contributed by atoms with Gasteiger partial charge < -0.3 is 14.2 Å². The Hall–Kier alpha value is -0.770. The summed E-state index contributed by atoms with van der Waals surface area (Å²) in [7, 11) is 1.28. The average Bonchev–Trinajstić information content (AvgIpc) is 2.12. The van der Waals surface area contributed by atoms with Gasteiger partial charge in [-0.1, -0.05) is 13.3 Å². The third-order valence-electron chi connectivity index (χ3n) is 1.46. The molecule has 0 amide bonds. The van der Waals surface area contributed by atoms with Crippen molar-refractivity contribution in [2.75, 3.05) is 20.3 Å². The third-order valence-corrected chi connectivity index (χ3v) is 1.46. The summed E-state index contributed by atoms with van der Waals surface area (Å²) >= 11 is 0. The van der Waals surface area contributed by atoms with Gasteiger partial charge in [-0.2, -0.15) is 0 Å². The number of hydrogen-bond acceptors (Lipinski definition) is 4. The summed E-state index contributed by atoms with van der Waals surface area (Å²) in [4.78, 5) is 10.6. The van der Waals surface area contributed by atoms with Gasteiger partial charge in [0.15, 0.2) is 0 Å². The lowest BCUT2D eigenvalue weighted by Gasteiger charge is -2.11. The molecule has 1 unspecified atom stereocenters. The number of carbonyl (C=O) groups excluding carboxylic acids is 1. The van der Waals surface area contributed by atoms with Crippen molar-refractivity contribution in [3.05, 3.63) is 0 Å². The molecule has 0 radical (unpaired) electrons. The van der Waals surface area contributed by atoms with Crippen LogP contribution in [0.2, 0.25) is 0 Å². The van der Waals surface area contributed by atoms with Crippen LogP contribution in [0, 0.1) is 0 Å². The molecule has 0 aromatic heterocycles. The molecule has 78 valence electrons. The highest BCUT2D eigenvalue weighted by Gasteiger charge is 2.08. The number of rotatable bonds is 6. The summed E-state index contributed by atoms with van der Waals surface area (Å²) in [5, 5.41) is 0. The second-order valence-electron chi connectivity index (χ2n) is 2.81. The zero-order chi connectivity index (χ0) is 10.1. The Balaban J connectivity index is 3.29. The molecule has 0 N–H and O–H groups in total. The van der Waals surface area contributed by atoms with Crippen LogP contribution in [0.3, 0.4) is 0 Å². The van der Waals surface area contributed by atoms with Gasteiger partial charge in [0.2, 0.25) is 0 Å². The van der Waals surface area contributed by atoms with Crippen molar-refractivity contribution in [2.24, 2.45) is 0 Å². The smallest absolute Gasteiger partial charge is 0.438 e. The minimum atomic E-state index is -0.661. The zero-order valence-electron chi connectivity index (χ0n) is 8.54. The molecule has 0 fully saturated rings. The van der Waals surface area contributed by atoms with Gasteiger partial charge in [0.1, 0.15) is 6.10 Å². The molecule has 0 aromatic rings. The van der Waals surface area contributed by atoms with Gasteiger partial charge in [0.25, 0.3) is 0 Å². The Bertz CT molecular complexity index is 136. The summed E-state index contributed by atoms with van der Waals surface area (Å²) in [5.74, 6) is 0. The van der Waals surface area contributed by atoms with Gasteiger partial charge in [0.05, 0.1) is 13.7 Å². The molecule has 13 heavy (non-hydrogen) atoms. The first kappa shape index (κ1) is 12.2. The van der Waals surface area contributed by atoms with Crippen molar-refractivity contribution in [3.8, 4) is 0 Å². The molecule has 0 heterocycles. The topological polar surface area (TPSA) is 44.8 Å². The van der Waals surface area contributed by atoms with E-state index in [2.05, 4.69) is 11.7 Å². The first-order chi connectivity index (χ1) is 6.20. The Morgan fingerprint density at radius 3 is 2.69 bits per heavy atom. The SMILES string of the molecule is CCCCOCC(C)OC(=O)OC. The van der Waals surface area contributed by atoms with E-state index in [0.29, 0.717) is 13.2 Å². The molecule has 0 aromatic carbocycles. The van der Waals surface area contributed by atoms with Crippen LogP contribution in [0.15, 0.2) is 0 Å². The summed E-state index contributed by atoms with van der Waals surface area (Å²) in [5.41, 5.74) is 0. The van der Waals surface area contributed by atoms with Crippen LogP contribution in [0.5, 0.6) is 0 Å². The van der Waals surface area contributed by atoms with E-state index in [-0.39, 0.29) is 6.10 Å². The Morgan fingerprint density at radius 1 is 1.46 bits per heavy atom. The van der Waals surface area contributed by atoms with Crippen LogP contribution < -0.4 is 0 Å². The van der Waals surface area contributed by atoms with E-state index in [4.69, 9.17) is 9.47 Å². The van der Waals surface area contributed by atoms with Gasteiger partial charge >= 0.3 is 6.16 Å². The summed E-state index contributed by atoms with van der Waals surface area (Å²) in [6, 6.07) is 0. The molecule has 0 spiro atoms. The quantitative estimate of drug-likeness (QED) is 0.474. The minimum absolute atomic E-state index is 0.246. The lowest BCUT2D eigenvalue weighted by atomic mass is 10.3. The Morgan fingerprint density at radius 2 is 2.15 bits per heavy atom. The zero-order valence-corrected chi connectivity index (χ0v) is 8.54. The molecule has 0 aliphatic heterocycles. The lowest BCUT2D eigenvalue weighted by Crippen LogP contribution is -2.20. The Labute approximate surface area is 79.2 Å². The second kappa shape index (κ2) is 7.86. The fourth-order valence-electron chi connectivity index (χ4n) is 0.742. The van der Waals surface area contributed by atoms with E-state index in [1.54, 1.807) is 6.92 Å². The fourth-order valence-corrected chi connectivity index (χ4v) is 0.742. The fraction of sp³-hybridized carbons (Fsp3) is 0.889. The molecule has 4 heteroatoms. The predicted octanol–water partition coefficient (Wildman–Crippen LogP) is 1.97. The summed E-state index contributed by atoms with van der Waals surface area (Å²) < 4.78 is 14.4. The van der Waals surface area contributed by atoms with E-state index < -0.39 is 6.16 Å². The lowest BCUT2D eigenvalue weighted by molar-refractivity contribution is -0.00191. The molecule has 0 saturated heterocycles. The molecule has 0 rings (SSSR count).